The first kappa shape index (κ1) is 14.8. The Morgan fingerprint density at radius 2 is 1.57 bits per heavy atom. The number of nitrogens with two attached hydrogens (primary N) is 1. The maximum Gasteiger partial charge on any atom is 0.167 e. The van der Waals surface area contributed by atoms with E-state index in [1.807, 2.05) is 0 Å². The van der Waals surface area contributed by atoms with Crippen molar-refractivity contribution in [1.29, 1.82) is 0 Å². The average molecular weight is 292 g/mol. The van der Waals surface area contributed by atoms with Crippen LogP contribution in [0.25, 0.3) is 0 Å². The number of methoxy groups -OCH3 is 3. The minimum absolute atomic E-state index is 0.118. The summed E-state index contributed by atoms with van der Waals surface area (Å²) in [6.45, 7) is 0. The van der Waals surface area contributed by atoms with Gasteiger partial charge in [-0.1, -0.05) is 0 Å². The van der Waals surface area contributed by atoms with Crippen LogP contribution in [0.2, 0.25) is 0 Å². The summed E-state index contributed by atoms with van der Waals surface area (Å²) in [5.74, 6) is 0.808. The van der Waals surface area contributed by atoms with Crippen LogP contribution in [-0.4, -0.2) is 21.3 Å². The van der Waals surface area contributed by atoms with Gasteiger partial charge in [0.15, 0.2) is 23.1 Å². The van der Waals surface area contributed by atoms with Crippen molar-refractivity contribution in [3.05, 3.63) is 36.1 Å². The van der Waals surface area contributed by atoms with Crippen molar-refractivity contribution in [2.45, 2.75) is 0 Å². The molecular formula is C15H17FN2O3. The van der Waals surface area contributed by atoms with E-state index in [2.05, 4.69) is 5.32 Å². The molecule has 2 aromatic rings. The molecule has 0 saturated heterocycles. The molecule has 0 aromatic heterocycles. The number of hydrogen-bond acceptors (Lipinski definition) is 5. The van der Waals surface area contributed by atoms with Crippen LogP contribution in [0.5, 0.6) is 17.2 Å². The van der Waals surface area contributed by atoms with Crippen LogP contribution in [0.3, 0.4) is 0 Å². The molecule has 0 heterocycles. The fraction of sp³-hybridized carbons (Fsp3) is 0.200. The van der Waals surface area contributed by atoms with Crippen molar-refractivity contribution in [3.63, 3.8) is 0 Å². The van der Waals surface area contributed by atoms with Crippen LogP contribution in [0, 0.1) is 5.82 Å². The maximum absolute atomic E-state index is 13.5. The SMILES string of the molecule is COc1cc(Nc2ccc(OC)c(OC)c2)c(N)cc1F. The number of nitrogens with one attached hydrogen (secondary N) is 1. The van der Waals surface area contributed by atoms with Gasteiger partial charge in [-0.05, 0) is 12.1 Å². The zero-order valence-corrected chi connectivity index (χ0v) is 12.1. The summed E-state index contributed by atoms with van der Waals surface area (Å²) in [6.07, 6.45) is 0. The molecule has 6 heteroatoms. The summed E-state index contributed by atoms with van der Waals surface area (Å²) in [6, 6.07) is 8.03. The second-order valence-corrected chi connectivity index (χ2v) is 4.27. The number of ether oxygens (including phenoxy) is 3. The van der Waals surface area contributed by atoms with Crippen LogP contribution in [0.1, 0.15) is 0 Å². The Balaban J connectivity index is 2.34. The monoisotopic (exact) mass is 292 g/mol. The molecule has 0 amide bonds. The van der Waals surface area contributed by atoms with Gasteiger partial charge < -0.3 is 25.3 Å². The van der Waals surface area contributed by atoms with E-state index in [1.54, 1.807) is 32.4 Å². The Bertz CT molecular complexity index is 647. The molecule has 0 unspecified atom stereocenters. The molecule has 3 N–H and O–H groups in total. The van der Waals surface area contributed by atoms with E-state index < -0.39 is 5.82 Å². The fourth-order valence-electron chi connectivity index (χ4n) is 1.90. The van der Waals surface area contributed by atoms with E-state index >= 15 is 0 Å². The predicted octanol–water partition coefficient (Wildman–Crippen LogP) is 3.18. The van der Waals surface area contributed by atoms with Crippen molar-refractivity contribution in [1.82, 2.24) is 0 Å². The molecule has 0 aliphatic rings. The van der Waals surface area contributed by atoms with Crippen molar-refractivity contribution in [2.24, 2.45) is 0 Å². The molecule has 2 aromatic carbocycles. The highest BCUT2D eigenvalue weighted by molar-refractivity contribution is 5.75. The molecule has 112 valence electrons. The summed E-state index contributed by atoms with van der Waals surface area (Å²) in [5.41, 5.74) is 7.36. The third-order valence-electron chi connectivity index (χ3n) is 2.99. The topological polar surface area (TPSA) is 65.7 Å². The van der Waals surface area contributed by atoms with Gasteiger partial charge in [0.1, 0.15) is 0 Å². The number of hydrogen-bond donors (Lipinski definition) is 2. The predicted molar refractivity (Wildman–Crippen MR) is 80.2 cm³/mol. The summed E-state index contributed by atoms with van der Waals surface area (Å²) in [5, 5.41) is 3.09. The third-order valence-corrected chi connectivity index (χ3v) is 2.99. The first-order valence-electron chi connectivity index (χ1n) is 6.21. The van der Waals surface area contributed by atoms with Gasteiger partial charge >= 0.3 is 0 Å². The van der Waals surface area contributed by atoms with Crippen LogP contribution < -0.4 is 25.3 Å². The van der Waals surface area contributed by atoms with Crippen molar-refractivity contribution in [3.8, 4) is 17.2 Å². The lowest BCUT2D eigenvalue weighted by atomic mass is 10.2. The Kier molecular flexibility index (Phi) is 4.37. The second-order valence-electron chi connectivity index (χ2n) is 4.27. The van der Waals surface area contributed by atoms with Gasteiger partial charge in [-0.25, -0.2) is 4.39 Å². The van der Waals surface area contributed by atoms with E-state index in [-0.39, 0.29) is 11.4 Å². The molecule has 21 heavy (non-hydrogen) atoms. The molecule has 0 fully saturated rings. The minimum Gasteiger partial charge on any atom is -0.494 e. The van der Waals surface area contributed by atoms with Crippen LogP contribution in [0.4, 0.5) is 21.5 Å². The zero-order chi connectivity index (χ0) is 15.4. The lowest BCUT2D eigenvalue weighted by Gasteiger charge is -2.14. The quantitative estimate of drug-likeness (QED) is 0.829. The number of halogens is 1. The maximum atomic E-state index is 13.5. The van der Waals surface area contributed by atoms with Gasteiger partial charge in [-0.2, -0.15) is 0 Å². The summed E-state index contributed by atoms with van der Waals surface area (Å²) >= 11 is 0. The first-order valence-corrected chi connectivity index (χ1v) is 6.21. The molecule has 0 bridgehead atoms. The van der Waals surface area contributed by atoms with E-state index in [9.17, 15) is 4.39 Å². The first-order chi connectivity index (χ1) is 10.1. The fourth-order valence-corrected chi connectivity index (χ4v) is 1.90. The molecule has 0 spiro atoms. The Labute approximate surface area is 122 Å². The van der Waals surface area contributed by atoms with Crippen molar-refractivity contribution < 1.29 is 18.6 Å². The summed E-state index contributed by atoms with van der Waals surface area (Å²) < 4.78 is 28.9. The average Bonchev–Trinajstić information content (AvgIpc) is 2.49. The zero-order valence-electron chi connectivity index (χ0n) is 12.1. The van der Waals surface area contributed by atoms with Crippen LogP contribution in [0.15, 0.2) is 30.3 Å². The van der Waals surface area contributed by atoms with Gasteiger partial charge in [0.25, 0.3) is 0 Å². The van der Waals surface area contributed by atoms with Gasteiger partial charge in [-0.3, -0.25) is 0 Å². The molecule has 2 rings (SSSR count). The summed E-state index contributed by atoms with van der Waals surface area (Å²) in [7, 11) is 4.51. The number of benzene rings is 2. The summed E-state index contributed by atoms with van der Waals surface area (Å²) in [4.78, 5) is 0. The Morgan fingerprint density at radius 1 is 0.905 bits per heavy atom. The van der Waals surface area contributed by atoms with Gasteiger partial charge in [0.05, 0.1) is 32.7 Å². The molecular weight excluding hydrogens is 275 g/mol. The van der Waals surface area contributed by atoms with Crippen LogP contribution in [-0.2, 0) is 0 Å². The number of anilines is 3. The molecule has 0 aliphatic heterocycles. The molecule has 0 saturated carbocycles. The van der Waals surface area contributed by atoms with Gasteiger partial charge in [-0.15, -0.1) is 0 Å². The van der Waals surface area contributed by atoms with Crippen molar-refractivity contribution in [2.75, 3.05) is 32.4 Å². The molecule has 0 aliphatic carbocycles. The largest absolute Gasteiger partial charge is 0.494 e. The number of nitrogen functional groups attached to an aromatic ring is 1. The number of rotatable bonds is 5. The van der Waals surface area contributed by atoms with Gasteiger partial charge in [0.2, 0.25) is 0 Å². The Morgan fingerprint density at radius 3 is 2.19 bits per heavy atom. The standard InChI is InChI=1S/C15H17FN2O3/c1-19-13-5-4-9(6-15(13)21-3)18-12-8-14(20-2)10(16)7-11(12)17/h4-8,18H,17H2,1-3H3. The van der Waals surface area contributed by atoms with E-state index in [0.29, 0.717) is 17.2 Å². The highest BCUT2D eigenvalue weighted by Gasteiger charge is 2.10. The smallest absolute Gasteiger partial charge is 0.167 e. The van der Waals surface area contributed by atoms with E-state index in [0.717, 1.165) is 5.69 Å². The lowest BCUT2D eigenvalue weighted by Crippen LogP contribution is -2.00. The normalized spacial score (nSPS) is 10.1. The highest BCUT2D eigenvalue weighted by atomic mass is 19.1. The molecule has 5 nitrogen and oxygen atoms in total. The third kappa shape index (κ3) is 3.10. The lowest BCUT2D eigenvalue weighted by molar-refractivity contribution is 0.355. The van der Waals surface area contributed by atoms with Gasteiger partial charge in [0, 0.05) is 23.9 Å². The second kappa shape index (κ2) is 6.21. The molecule has 0 atom stereocenters. The van der Waals surface area contributed by atoms with E-state index in [4.69, 9.17) is 19.9 Å². The Hall–Kier alpha value is -2.63. The van der Waals surface area contributed by atoms with Crippen molar-refractivity contribution >= 4 is 17.1 Å². The van der Waals surface area contributed by atoms with E-state index in [1.165, 1.54) is 19.2 Å². The molecule has 0 radical (unpaired) electrons. The minimum atomic E-state index is -0.507. The van der Waals surface area contributed by atoms with Crippen LogP contribution >= 0.6 is 0 Å². The highest BCUT2D eigenvalue weighted by Crippen LogP contribution is 2.34.